The van der Waals surface area contributed by atoms with Gasteiger partial charge >= 0.3 is 0 Å². The van der Waals surface area contributed by atoms with E-state index in [-0.39, 0.29) is 5.78 Å². The first-order valence-corrected chi connectivity index (χ1v) is 6.53. The van der Waals surface area contributed by atoms with Crippen molar-refractivity contribution in [3.63, 3.8) is 0 Å². The Morgan fingerprint density at radius 1 is 1.33 bits per heavy atom. The number of carbonyl (C=O) groups excluding carboxylic acids is 1. The minimum atomic E-state index is 0.198. The van der Waals surface area contributed by atoms with Crippen molar-refractivity contribution >= 4 is 5.78 Å². The van der Waals surface area contributed by atoms with Crippen LogP contribution in [-0.2, 0) is 17.6 Å². The lowest BCUT2D eigenvalue weighted by Crippen LogP contribution is -2.29. The summed E-state index contributed by atoms with van der Waals surface area (Å²) in [7, 11) is 3.63. The van der Waals surface area contributed by atoms with Crippen LogP contribution in [0.25, 0.3) is 0 Å². The highest BCUT2D eigenvalue weighted by atomic mass is 16.5. The molecule has 98 valence electrons. The van der Waals surface area contributed by atoms with E-state index in [1.807, 2.05) is 18.0 Å². The minimum Gasteiger partial charge on any atom is -0.383 e. The van der Waals surface area contributed by atoms with Crippen molar-refractivity contribution in [1.29, 1.82) is 0 Å². The Hall–Kier alpha value is -1.19. The number of ether oxygens (including phenoxy) is 1. The number of hydrogen-bond acceptors (Lipinski definition) is 3. The lowest BCUT2D eigenvalue weighted by Gasteiger charge is -2.15. The lowest BCUT2D eigenvalue weighted by atomic mass is 10.0. The van der Waals surface area contributed by atoms with Gasteiger partial charge in [0.25, 0.3) is 0 Å². The molecule has 1 aliphatic rings. The molecule has 0 saturated heterocycles. The third kappa shape index (κ3) is 3.18. The Labute approximate surface area is 109 Å². The molecule has 0 fully saturated rings. The summed E-state index contributed by atoms with van der Waals surface area (Å²) in [6, 6.07) is 6.16. The number of methoxy groups -OCH3 is 1. The van der Waals surface area contributed by atoms with E-state index in [1.165, 1.54) is 17.5 Å². The average molecular weight is 247 g/mol. The number of Topliss-reactive ketones (excluding diaryl/α,β-unsaturated/α-hetero) is 1. The Morgan fingerprint density at radius 3 is 2.89 bits per heavy atom. The van der Waals surface area contributed by atoms with Gasteiger partial charge in [0.05, 0.1) is 13.2 Å². The van der Waals surface area contributed by atoms with Crippen LogP contribution in [0, 0.1) is 0 Å². The highest BCUT2D eigenvalue weighted by Gasteiger charge is 2.14. The second-order valence-corrected chi connectivity index (χ2v) is 4.99. The van der Waals surface area contributed by atoms with Crippen molar-refractivity contribution in [2.24, 2.45) is 0 Å². The van der Waals surface area contributed by atoms with Crippen LogP contribution in [0.1, 0.15) is 27.9 Å². The molecule has 1 aromatic rings. The summed E-state index contributed by atoms with van der Waals surface area (Å²) in [5, 5.41) is 0. The second kappa shape index (κ2) is 6.12. The van der Waals surface area contributed by atoms with E-state index in [2.05, 4.69) is 12.1 Å². The minimum absolute atomic E-state index is 0.198. The molecule has 3 heteroatoms. The molecular weight excluding hydrogens is 226 g/mol. The average Bonchev–Trinajstić information content (AvgIpc) is 2.83. The zero-order valence-corrected chi connectivity index (χ0v) is 11.2. The van der Waals surface area contributed by atoms with Gasteiger partial charge in [-0.2, -0.15) is 0 Å². The van der Waals surface area contributed by atoms with Gasteiger partial charge in [0.2, 0.25) is 0 Å². The predicted molar refractivity (Wildman–Crippen MR) is 72.2 cm³/mol. The summed E-state index contributed by atoms with van der Waals surface area (Å²) in [5.41, 5.74) is 3.62. The van der Waals surface area contributed by atoms with Gasteiger partial charge in [0.1, 0.15) is 0 Å². The molecule has 1 aliphatic carbocycles. The maximum Gasteiger partial charge on any atom is 0.176 e. The molecule has 0 radical (unpaired) electrons. The molecule has 0 heterocycles. The Balaban J connectivity index is 1.96. The molecule has 0 spiro atoms. The molecule has 18 heavy (non-hydrogen) atoms. The number of benzene rings is 1. The normalized spacial score (nSPS) is 13.9. The lowest BCUT2D eigenvalue weighted by molar-refractivity contribution is 0.0922. The number of aryl methyl sites for hydroxylation is 2. The van der Waals surface area contributed by atoms with Gasteiger partial charge in [-0.05, 0) is 43.5 Å². The fourth-order valence-corrected chi connectivity index (χ4v) is 2.41. The molecule has 0 atom stereocenters. The van der Waals surface area contributed by atoms with Crippen molar-refractivity contribution in [1.82, 2.24) is 4.90 Å². The first kappa shape index (κ1) is 13.2. The van der Waals surface area contributed by atoms with E-state index in [4.69, 9.17) is 4.74 Å². The van der Waals surface area contributed by atoms with Gasteiger partial charge in [0.15, 0.2) is 5.78 Å². The van der Waals surface area contributed by atoms with E-state index < -0.39 is 0 Å². The van der Waals surface area contributed by atoms with Crippen molar-refractivity contribution in [2.75, 3.05) is 33.9 Å². The summed E-state index contributed by atoms with van der Waals surface area (Å²) < 4.78 is 5.01. The summed E-state index contributed by atoms with van der Waals surface area (Å²) in [6.45, 7) is 1.91. The van der Waals surface area contributed by atoms with E-state index in [1.54, 1.807) is 7.11 Å². The van der Waals surface area contributed by atoms with Crippen LogP contribution in [0.15, 0.2) is 18.2 Å². The third-order valence-corrected chi connectivity index (χ3v) is 3.51. The van der Waals surface area contributed by atoms with Gasteiger partial charge in [-0.1, -0.05) is 12.1 Å². The zero-order chi connectivity index (χ0) is 13.0. The van der Waals surface area contributed by atoms with Gasteiger partial charge in [-0.15, -0.1) is 0 Å². The molecule has 0 N–H and O–H groups in total. The molecule has 0 aromatic heterocycles. The summed E-state index contributed by atoms with van der Waals surface area (Å²) in [4.78, 5) is 14.1. The van der Waals surface area contributed by atoms with E-state index >= 15 is 0 Å². The van der Waals surface area contributed by atoms with Crippen molar-refractivity contribution in [3.8, 4) is 0 Å². The highest BCUT2D eigenvalue weighted by Crippen LogP contribution is 2.23. The summed E-state index contributed by atoms with van der Waals surface area (Å²) >= 11 is 0. The van der Waals surface area contributed by atoms with Crippen LogP contribution >= 0.6 is 0 Å². The third-order valence-electron chi connectivity index (χ3n) is 3.51. The highest BCUT2D eigenvalue weighted by molar-refractivity contribution is 5.97. The van der Waals surface area contributed by atoms with E-state index in [0.717, 1.165) is 24.9 Å². The van der Waals surface area contributed by atoms with Gasteiger partial charge in [0, 0.05) is 19.2 Å². The maximum absolute atomic E-state index is 12.1. The van der Waals surface area contributed by atoms with Crippen LogP contribution in [0.3, 0.4) is 0 Å². The first-order chi connectivity index (χ1) is 8.70. The number of likely N-dealkylation sites (N-methyl/N-ethyl adjacent to an activating group) is 1. The summed E-state index contributed by atoms with van der Waals surface area (Å²) in [5.74, 6) is 0.198. The number of hydrogen-bond donors (Lipinski definition) is 0. The number of rotatable bonds is 6. The van der Waals surface area contributed by atoms with Crippen molar-refractivity contribution in [2.45, 2.75) is 19.3 Å². The first-order valence-electron chi connectivity index (χ1n) is 6.53. The smallest absolute Gasteiger partial charge is 0.176 e. The van der Waals surface area contributed by atoms with Crippen molar-refractivity contribution in [3.05, 3.63) is 34.9 Å². The molecular formula is C15H21NO2. The second-order valence-electron chi connectivity index (χ2n) is 4.99. The Bertz CT molecular complexity index is 429. The molecule has 3 nitrogen and oxygen atoms in total. The zero-order valence-electron chi connectivity index (χ0n) is 11.2. The predicted octanol–water partition coefficient (Wildman–Crippen LogP) is 1.94. The van der Waals surface area contributed by atoms with Crippen LogP contribution in [0.5, 0.6) is 0 Å². The number of carbonyl (C=O) groups is 1. The Morgan fingerprint density at radius 2 is 2.11 bits per heavy atom. The van der Waals surface area contributed by atoms with Crippen LogP contribution < -0.4 is 0 Å². The Kier molecular flexibility index (Phi) is 4.50. The van der Waals surface area contributed by atoms with Gasteiger partial charge in [-0.3, -0.25) is 9.69 Å². The van der Waals surface area contributed by atoms with Gasteiger partial charge in [-0.25, -0.2) is 0 Å². The molecule has 0 bridgehead atoms. The number of ketones is 1. The standard InChI is InChI=1S/C15H21NO2/c1-16(8-9-18-2)11-15(17)14-7-6-12-4-3-5-13(12)10-14/h6-7,10H,3-5,8-9,11H2,1-2H3. The maximum atomic E-state index is 12.1. The quantitative estimate of drug-likeness (QED) is 0.719. The molecule has 0 unspecified atom stereocenters. The van der Waals surface area contributed by atoms with E-state index in [9.17, 15) is 4.79 Å². The van der Waals surface area contributed by atoms with Crippen LogP contribution in [-0.4, -0.2) is 44.5 Å². The topological polar surface area (TPSA) is 29.5 Å². The fourth-order valence-electron chi connectivity index (χ4n) is 2.41. The van der Waals surface area contributed by atoms with Crippen molar-refractivity contribution < 1.29 is 9.53 Å². The monoisotopic (exact) mass is 247 g/mol. The van der Waals surface area contributed by atoms with Crippen LogP contribution in [0.2, 0.25) is 0 Å². The molecule has 0 saturated carbocycles. The number of fused-ring (bicyclic) bond motifs is 1. The molecule has 0 amide bonds. The largest absolute Gasteiger partial charge is 0.383 e. The number of nitrogens with zero attached hydrogens (tertiary/aromatic N) is 1. The summed E-state index contributed by atoms with van der Waals surface area (Å²) in [6.07, 6.45) is 3.51. The van der Waals surface area contributed by atoms with Crippen LogP contribution in [0.4, 0.5) is 0 Å². The SMILES string of the molecule is COCCN(C)CC(=O)c1ccc2c(c1)CCC2. The van der Waals surface area contributed by atoms with E-state index in [0.29, 0.717) is 13.2 Å². The molecule has 2 rings (SSSR count). The molecule has 1 aromatic carbocycles. The molecule has 0 aliphatic heterocycles. The fraction of sp³-hybridized carbons (Fsp3) is 0.533. The van der Waals surface area contributed by atoms with Gasteiger partial charge < -0.3 is 4.74 Å².